The lowest BCUT2D eigenvalue weighted by Gasteiger charge is -2.37. The van der Waals surface area contributed by atoms with Crippen LogP contribution in [0, 0.1) is 6.92 Å². The lowest BCUT2D eigenvalue weighted by molar-refractivity contribution is 0.00370. The summed E-state index contributed by atoms with van der Waals surface area (Å²) in [6, 6.07) is 12.8. The molecule has 0 bridgehead atoms. The molecule has 7 nitrogen and oxygen atoms in total. The van der Waals surface area contributed by atoms with Crippen LogP contribution in [0.2, 0.25) is 0 Å². The van der Waals surface area contributed by atoms with Crippen molar-refractivity contribution in [1.29, 1.82) is 0 Å². The van der Waals surface area contributed by atoms with E-state index >= 15 is 0 Å². The van der Waals surface area contributed by atoms with Crippen molar-refractivity contribution in [2.24, 2.45) is 0 Å². The van der Waals surface area contributed by atoms with E-state index in [1.54, 1.807) is 0 Å². The number of nitrogens with zero attached hydrogens (tertiary/aromatic N) is 6. The quantitative estimate of drug-likeness (QED) is 0.632. The zero-order chi connectivity index (χ0) is 21.0. The van der Waals surface area contributed by atoms with Gasteiger partial charge in [0.05, 0.1) is 18.8 Å². The predicted molar refractivity (Wildman–Crippen MR) is 122 cm³/mol. The Morgan fingerprint density at radius 1 is 1.03 bits per heavy atom. The van der Waals surface area contributed by atoms with Gasteiger partial charge in [-0.05, 0) is 56.0 Å². The lowest BCUT2D eigenvalue weighted by Crippen LogP contribution is -2.46. The van der Waals surface area contributed by atoms with Crippen LogP contribution in [-0.4, -0.2) is 58.9 Å². The Labute approximate surface area is 183 Å². The third kappa shape index (κ3) is 4.56. The van der Waals surface area contributed by atoms with Gasteiger partial charge in [-0.2, -0.15) is 0 Å². The fraction of sp³-hybridized carbons (Fsp3) is 0.458. The minimum absolute atomic E-state index is 0.261. The van der Waals surface area contributed by atoms with E-state index in [-0.39, 0.29) is 6.10 Å². The zero-order valence-electron chi connectivity index (χ0n) is 18.2. The van der Waals surface area contributed by atoms with Gasteiger partial charge in [-0.3, -0.25) is 0 Å². The molecule has 3 aromatic rings. The number of anilines is 2. The molecule has 0 saturated carbocycles. The summed E-state index contributed by atoms with van der Waals surface area (Å²) >= 11 is 0. The Morgan fingerprint density at radius 3 is 2.65 bits per heavy atom. The van der Waals surface area contributed by atoms with Gasteiger partial charge in [0.15, 0.2) is 0 Å². The van der Waals surface area contributed by atoms with E-state index in [1.807, 2.05) is 23.1 Å². The molecule has 0 spiro atoms. The van der Waals surface area contributed by atoms with Crippen molar-refractivity contribution >= 4 is 11.5 Å². The van der Waals surface area contributed by atoms with Gasteiger partial charge in [0, 0.05) is 50.2 Å². The average molecular weight is 419 g/mol. The summed E-state index contributed by atoms with van der Waals surface area (Å²) < 4.78 is 7.76. The molecule has 2 aromatic heterocycles. The molecule has 2 fully saturated rings. The summed E-state index contributed by atoms with van der Waals surface area (Å²) in [5.41, 5.74) is 4.57. The average Bonchev–Trinajstić information content (AvgIpc) is 3.28. The molecule has 1 aromatic carbocycles. The van der Waals surface area contributed by atoms with Gasteiger partial charge in [-0.1, -0.05) is 17.3 Å². The Kier molecular flexibility index (Phi) is 5.84. The van der Waals surface area contributed by atoms with Gasteiger partial charge >= 0.3 is 0 Å². The second-order valence-electron chi connectivity index (χ2n) is 8.48. The van der Waals surface area contributed by atoms with Crippen LogP contribution in [0.1, 0.15) is 24.8 Å². The number of rotatable bonds is 5. The molecular weight excluding hydrogens is 388 g/mol. The molecule has 0 aliphatic carbocycles. The van der Waals surface area contributed by atoms with Gasteiger partial charge < -0.3 is 14.5 Å². The molecular formula is C24H30N6O. The van der Waals surface area contributed by atoms with E-state index in [0.29, 0.717) is 0 Å². The van der Waals surface area contributed by atoms with Gasteiger partial charge in [0.25, 0.3) is 0 Å². The van der Waals surface area contributed by atoms with E-state index in [0.717, 1.165) is 62.8 Å². The molecule has 2 aliphatic heterocycles. The van der Waals surface area contributed by atoms with E-state index in [1.165, 1.54) is 24.1 Å². The maximum Gasteiger partial charge on any atom is 0.128 e. The molecule has 2 saturated heterocycles. The predicted octanol–water partition coefficient (Wildman–Crippen LogP) is 3.54. The Hall–Kier alpha value is -2.93. The van der Waals surface area contributed by atoms with Gasteiger partial charge in [0.2, 0.25) is 0 Å². The molecule has 162 valence electrons. The summed E-state index contributed by atoms with van der Waals surface area (Å²) in [6.45, 7) is 7.75. The van der Waals surface area contributed by atoms with Crippen molar-refractivity contribution in [3.8, 4) is 11.3 Å². The fourth-order valence-corrected chi connectivity index (χ4v) is 4.54. The molecule has 0 radical (unpaired) electrons. The second kappa shape index (κ2) is 9.06. The largest absolute Gasteiger partial charge is 0.376 e. The SMILES string of the molecule is Cc1cc(N2CCN(c3ccccn3)CC2)ccc1-c1cn(CC2CCCCO2)nn1. The Morgan fingerprint density at radius 2 is 1.90 bits per heavy atom. The number of benzene rings is 1. The van der Waals surface area contributed by atoms with Crippen LogP contribution in [0.3, 0.4) is 0 Å². The highest BCUT2D eigenvalue weighted by atomic mass is 16.5. The molecule has 5 rings (SSSR count). The van der Waals surface area contributed by atoms with Crippen molar-refractivity contribution in [3.63, 3.8) is 0 Å². The number of hydrogen-bond acceptors (Lipinski definition) is 6. The van der Waals surface area contributed by atoms with Crippen molar-refractivity contribution < 1.29 is 4.74 Å². The monoisotopic (exact) mass is 418 g/mol. The third-order valence-electron chi connectivity index (χ3n) is 6.31. The normalized spacial score (nSPS) is 19.6. The first-order chi connectivity index (χ1) is 15.3. The number of aryl methyl sites for hydroxylation is 1. The highest BCUT2D eigenvalue weighted by Crippen LogP contribution is 2.27. The number of ether oxygens (including phenoxy) is 1. The van der Waals surface area contributed by atoms with Crippen molar-refractivity contribution in [2.45, 2.75) is 38.8 Å². The lowest BCUT2D eigenvalue weighted by atomic mass is 10.0. The second-order valence-corrected chi connectivity index (χ2v) is 8.48. The summed E-state index contributed by atoms with van der Waals surface area (Å²) in [5.74, 6) is 1.07. The van der Waals surface area contributed by atoms with Gasteiger partial charge in [-0.15, -0.1) is 5.10 Å². The summed E-state index contributed by atoms with van der Waals surface area (Å²) in [6.07, 6.45) is 7.69. The number of piperazine rings is 1. The maximum absolute atomic E-state index is 5.84. The third-order valence-corrected chi connectivity index (χ3v) is 6.31. The Balaban J connectivity index is 1.23. The molecule has 2 aliphatic rings. The van der Waals surface area contributed by atoms with Crippen LogP contribution >= 0.6 is 0 Å². The van der Waals surface area contributed by atoms with Crippen LogP contribution in [0.15, 0.2) is 48.8 Å². The van der Waals surface area contributed by atoms with E-state index in [9.17, 15) is 0 Å². The van der Waals surface area contributed by atoms with Gasteiger partial charge in [0.1, 0.15) is 11.5 Å². The first-order valence-corrected chi connectivity index (χ1v) is 11.3. The molecule has 31 heavy (non-hydrogen) atoms. The first-order valence-electron chi connectivity index (χ1n) is 11.3. The van der Waals surface area contributed by atoms with Crippen LogP contribution in [0.4, 0.5) is 11.5 Å². The first kappa shape index (κ1) is 20.0. The van der Waals surface area contributed by atoms with E-state index < -0.39 is 0 Å². The maximum atomic E-state index is 5.84. The van der Waals surface area contributed by atoms with Crippen molar-refractivity contribution in [1.82, 2.24) is 20.0 Å². The topological polar surface area (TPSA) is 59.3 Å². The highest BCUT2D eigenvalue weighted by Gasteiger charge is 2.20. The van der Waals surface area contributed by atoms with E-state index in [4.69, 9.17) is 4.74 Å². The van der Waals surface area contributed by atoms with Crippen LogP contribution < -0.4 is 9.80 Å². The minimum Gasteiger partial charge on any atom is -0.376 e. The molecule has 0 amide bonds. The molecule has 7 heteroatoms. The minimum atomic E-state index is 0.261. The molecule has 0 N–H and O–H groups in total. The number of pyridine rings is 1. The smallest absolute Gasteiger partial charge is 0.128 e. The van der Waals surface area contributed by atoms with Gasteiger partial charge in [-0.25, -0.2) is 9.67 Å². The van der Waals surface area contributed by atoms with Crippen molar-refractivity contribution in [3.05, 3.63) is 54.4 Å². The molecule has 1 atom stereocenters. The van der Waals surface area contributed by atoms with Crippen molar-refractivity contribution in [2.75, 3.05) is 42.6 Å². The van der Waals surface area contributed by atoms with Crippen LogP contribution in [0.5, 0.6) is 0 Å². The molecule has 1 unspecified atom stereocenters. The molecule has 4 heterocycles. The Bertz CT molecular complexity index is 990. The number of aromatic nitrogens is 4. The zero-order valence-corrected chi connectivity index (χ0v) is 18.2. The summed E-state index contributed by atoms with van der Waals surface area (Å²) in [4.78, 5) is 9.29. The van der Waals surface area contributed by atoms with E-state index in [2.05, 4.69) is 62.4 Å². The number of hydrogen-bond donors (Lipinski definition) is 0. The summed E-state index contributed by atoms with van der Waals surface area (Å²) in [7, 11) is 0. The van der Waals surface area contributed by atoms with Crippen LogP contribution in [-0.2, 0) is 11.3 Å². The standard InChI is InChI=1S/C24H30N6O/c1-19-16-20(28-11-13-29(14-12-28)24-7-2-4-10-25-24)8-9-22(19)23-18-30(27-26-23)17-21-6-3-5-15-31-21/h2,4,7-10,16,18,21H,3,5-6,11-15,17H2,1H3. The fourth-order valence-electron chi connectivity index (χ4n) is 4.54. The summed E-state index contributed by atoms with van der Waals surface area (Å²) in [5, 5.41) is 8.77. The van der Waals surface area contributed by atoms with Crippen LogP contribution in [0.25, 0.3) is 11.3 Å². The highest BCUT2D eigenvalue weighted by molar-refractivity contribution is 5.67.